The van der Waals surface area contributed by atoms with Crippen molar-refractivity contribution in [1.29, 1.82) is 0 Å². The molecule has 0 unspecified atom stereocenters. The number of hydrogen-bond acceptors (Lipinski definition) is 6. The minimum absolute atomic E-state index is 0.879. The Hall–Kier alpha value is -2.10. The van der Waals surface area contributed by atoms with E-state index in [9.17, 15) is 9.59 Å². The minimum atomic E-state index is 0.879. The van der Waals surface area contributed by atoms with Crippen molar-refractivity contribution in [3.63, 3.8) is 0 Å². The van der Waals surface area contributed by atoms with Crippen molar-refractivity contribution in [1.82, 2.24) is 0 Å². The van der Waals surface area contributed by atoms with Gasteiger partial charge in [0.1, 0.15) is 0 Å². The fraction of sp³-hybridized carbons (Fsp3) is 0. The third-order valence-electron chi connectivity index (χ3n) is 2.42. The van der Waals surface area contributed by atoms with Gasteiger partial charge in [0.2, 0.25) is 12.2 Å². The molecule has 2 aromatic rings. The van der Waals surface area contributed by atoms with Crippen molar-refractivity contribution in [3.8, 4) is 11.1 Å². The Labute approximate surface area is 124 Å². The van der Waals surface area contributed by atoms with E-state index >= 15 is 0 Å². The topological polar surface area (TPSA) is 58.9 Å². The number of benzene rings is 2. The lowest BCUT2D eigenvalue weighted by Gasteiger charge is -2.03. The van der Waals surface area contributed by atoms with Gasteiger partial charge in [-0.1, -0.05) is 24.3 Å². The summed E-state index contributed by atoms with van der Waals surface area (Å²) in [5.41, 5.74) is 2.11. The van der Waals surface area contributed by atoms with E-state index in [1.165, 1.54) is 12.2 Å². The number of nitrogens with zero attached hydrogens (tertiary/aromatic N) is 2. The molecule has 4 nitrogen and oxygen atoms in total. The smallest absolute Gasteiger partial charge is 0.210 e. The summed E-state index contributed by atoms with van der Waals surface area (Å²) >= 11 is 2.17. The first-order valence-electron chi connectivity index (χ1n) is 5.52. The SMILES string of the molecule is O=C=NSc1ccc(-c2ccc(SN=C=O)cc2)cc1. The Kier molecular flexibility index (Phi) is 5.35. The van der Waals surface area contributed by atoms with E-state index in [0.29, 0.717) is 0 Å². The fourth-order valence-corrected chi connectivity index (χ4v) is 2.36. The predicted octanol–water partition coefficient (Wildman–Crippen LogP) is 4.04. The van der Waals surface area contributed by atoms with Gasteiger partial charge in [0.15, 0.2) is 0 Å². The monoisotopic (exact) mass is 300 g/mol. The van der Waals surface area contributed by atoms with E-state index in [1.807, 2.05) is 48.5 Å². The summed E-state index contributed by atoms with van der Waals surface area (Å²) < 4.78 is 6.90. The van der Waals surface area contributed by atoms with Gasteiger partial charge < -0.3 is 0 Å². The molecule has 0 fully saturated rings. The molecule has 0 amide bonds. The Morgan fingerprint density at radius 2 is 1.00 bits per heavy atom. The second-order valence-corrected chi connectivity index (χ2v) is 5.27. The van der Waals surface area contributed by atoms with Gasteiger partial charge >= 0.3 is 0 Å². The first kappa shape index (κ1) is 14.3. The van der Waals surface area contributed by atoms with E-state index in [1.54, 1.807) is 0 Å². The van der Waals surface area contributed by atoms with Crippen LogP contribution in [-0.4, -0.2) is 12.2 Å². The quantitative estimate of drug-likeness (QED) is 0.475. The van der Waals surface area contributed by atoms with Crippen molar-refractivity contribution in [2.45, 2.75) is 9.79 Å². The van der Waals surface area contributed by atoms with Crippen LogP contribution in [0.25, 0.3) is 11.1 Å². The molecule has 0 heterocycles. The van der Waals surface area contributed by atoms with E-state index < -0.39 is 0 Å². The van der Waals surface area contributed by atoms with Crippen LogP contribution in [0.3, 0.4) is 0 Å². The van der Waals surface area contributed by atoms with Crippen LogP contribution < -0.4 is 0 Å². The van der Waals surface area contributed by atoms with Crippen LogP contribution in [0.2, 0.25) is 0 Å². The highest BCUT2D eigenvalue weighted by atomic mass is 32.2. The largest absolute Gasteiger partial charge is 0.247 e. The van der Waals surface area contributed by atoms with Gasteiger partial charge in [-0.2, -0.15) is 0 Å². The van der Waals surface area contributed by atoms with E-state index in [4.69, 9.17) is 0 Å². The maximum Gasteiger partial charge on any atom is 0.247 e. The Bertz CT molecular complexity index is 610. The standard InChI is InChI=1S/C14H8N2O2S2/c17-9-15-19-13-5-1-11(2-6-13)12-3-7-14(8-4-12)20-16-10-18/h1-8H. The summed E-state index contributed by atoms with van der Waals surface area (Å²) in [7, 11) is 0. The number of carbonyl (C=O) groups excluding carboxylic acids is 2. The Morgan fingerprint density at radius 1 is 0.650 bits per heavy atom. The average Bonchev–Trinajstić information content (AvgIpc) is 2.52. The van der Waals surface area contributed by atoms with Crippen LogP contribution >= 0.6 is 23.9 Å². The Morgan fingerprint density at radius 3 is 1.30 bits per heavy atom. The van der Waals surface area contributed by atoms with Gasteiger partial charge in [0.25, 0.3) is 0 Å². The molecule has 98 valence electrons. The van der Waals surface area contributed by atoms with E-state index in [0.717, 1.165) is 44.8 Å². The predicted molar refractivity (Wildman–Crippen MR) is 79.8 cm³/mol. The summed E-state index contributed by atoms with van der Waals surface area (Å²) in [5.74, 6) is 0. The van der Waals surface area contributed by atoms with Gasteiger partial charge in [-0.3, -0.25) is 0 Å². The maximum atomic E-state index is 10.0. The molecule has 0 saturated heterocycles. The van der Waals surface area contributed by atoms with Crippen molar-refractivity contribution in [2.24, 2.45) is 8.80 Å². The molecule has 6 heteroatoms. The maximum absolute atomic E-state index is 10.0. The second-order valence-electron chi connectivity index (χ2n) is 3.60. The first-order valence-corrected chi connectivity index (χ1v) is 7.07. The van der Waals surface area contributed by atoms with Crippen molar-refractivity contribution in [2.75, 3.05) is 0 Å². The van der Waals surface area contributed by atoms with Gasteiger partial charge in [0.05, 0.1) is 0 Å². The zero-order chi connectivity index (χ0) is 14.2. The van der Waals surface area contributed by atoms with Crippen LogP contribution in [0, 0.1) is 0 Å². The lowest BCUT2D eigenvalue weighted by atomic mass is 10.1. The second kappa shape index (κ2) is 7.48. The molecule has 2 aromatic carbocycles. The van der Waals surface area contributed by atoms with Crippen molar-refractivity contribution in [3.05, 3.63) is 48.5 Å². The zero-order valence-corrected chi connectivity index (χ0v) is 11.8. The molecule has 0 N–H and O–H groups in total. The van der Waals surface area contributed by atoms with Crippen LogP contribution in [-0.2, 0) is 9.59 Å². The molecular weight excluding hydrogens is 292 g/mol. The normalized spacial score (nSPS) is 9.40. The highest BCUT2D eigenvalue weighted by molar-refractivity contribution is 7.98. The number of rotatable bonds is 5. The van der Waals surface area contributed by atoms with E-state index in [-0.39, 0.29) is 0 Å². The molecule has 0 aliphatic carbocycles. The van der Waals surface area contributed by atoms with Gasteiger partial charge in [-0.25, -0.2) is 9.59 Å². The fourth-order valence-electron chi connectivity index (χ4n) is 1.56. The lowest BCUT2D eigenvalue weighted by molar-refractivity contribution is 0.565. The molecule has 0 aromatic heterocycles. The van der Waals surface area contributed by atoms with Crippen molar-refractivity contribution >= 4 is 36.1 Å². The van der Waals surface area contributed by atoms with Crippen LogP contribution in [0.15, 0.2) is 67.1 Å². The van der Waals surface area contributed by atoms with Crippen molar-refractivity contribution < 1.29 is 9.59 Å². The Balaban J connectivity index is 2.14. The number of isocyanates is 2. The molecular formula is C14H8N2O2S2. The molecule has 2 rings (SSSR count). The molecule has 0 aliphatic rings. The van der Waals surface area contributed by atoms with Crippen LogP contribution in [0.1, 0.15) is 0 Å². The summed E-state index contributed by atoms with van der Waals surface area (Å²) in [4.78, 5) is 21.8. The third kappa shape index (κ3) is 3.95. The van der Waals surface area contributed by atoms with Crippen LogP contribution in [0.4, 0.5) is 0 Å². The molecule has 0 bridgehead atoms. The van der Waals surface area contributed by atoms with Gasteiger partial charge in [0, 0.05) is 33.7 Å². The van der Waals surface area contributed by atoms with Crippen LogP contribution in [0.5, 0.6) is 0 Å². The average molecular weight is 300 g/mol. The van der Waals surface area contributed by atoms with Gasteiger partial charge in [-0.15, -0.1) is 8.80 Å². The van der Waals surface area contributed by atoms with E-state index in [2.05, 4.69) is 8.80 Å². The summed E-state index contributed by atoms with van der Waals surface area (Å²) in [6.07, 6.45) is 2.97. The summed E-state index contributed by atoms with van der Waals surface area (Å²) in [6, 6.07) is 15.4. The summed E-state index contributed by atoms with van der Waals surface area (Å²) in [6.45, 7) is 0. The first-order chi connectivity index (χ1) is 9.83. The highest BCUT2D eigenvalue weighted by Gasteiger charge is 1.99. The minimum Gasteiger partial charge on any atom is -0.210 e. The molecule has 0 radical (unpaired) electrons. The number of hydrogen-bond donors (Lipinski definition) is 0. The highest BCUT2D eigenvalue weighted by Crippen LogP contribution is 2.26. The molecule has 0 saturated carbocycles. The summed E-state index contributed by atoms with van der Waals surface area (Å²) in [5, 5.41) is 0. The molecule has 20 heavy (non-hydrogen) atoms. The van der Waals surface area contributed by atoms with Gasteiger partial charge in [-0.05, 0) is 35.4 Å². The third-order valence-corrected chi connectivity index (χ3v) is 3.72. The zero-order valence-electron chi connectivity index (χ0n) is 10.1. The lowest BCUT2D eigenvalue weighted by Crippen LogP contribution is -1.78. The molecule has 0 atom stereocenters. The molecule has 0 aliphatic heterocycles. The molecule has 0 spiro atoms.